The minimum absolute atomic E-state index is 0.0500. The van der Waals surface area contributed by atoms with Gasteiger partial charge in [0.25, 0.3) is 0 Å². The van der Waals surface area contributed by atoms with Crippen molar-refractivity contribution < 1.29 is 28.2 Å². The van der Waals surface area contributed by atoms with Gasteiger partial charge >= 0.3 is 6.18 Å². The van der Waals surface area contributed by atoms with Crippen LogP contribution in [0.15, 0.2) is 18.2 Å². The molecule has 0 aliphatic rings. The van der Waals surface area contributed by atoms with Crippen molar-refractivity contribution in [1.82, 2.24) is 5.32 Å². The SMILES string of the molecule is CC(=O)NCCC(O)C(O)c1cc(C(F)(F)F)ccc1C#N. The topological polar surface area (TPSA) is 93.3 Å². The molecular weight excluding hydrogens is 301 g/mol. The number of rotatable bonds is 5. The van der Waals surface area contributed by atoms with Gasteiger partial charge < -0.3 is 15.5 Å². The summed E-state index contributed by atoms with van der Waals surface area (Å²) in [7, 11) is 0. The Kier molecular flexibility index (Phi) is 5.91. The molecule has 2 atom stereocenters. The number of nitriles is 1. The van der Waals surface area contributed by atoms with E-state index in [4.69, 9.17) is 5.26 Å². The van der Waals surface area contributed by atoms with Gasteiger partial charge in [-0.05, 0) is 24.6 Å². The van der Waals surface area contributed by atoms with Gasteiger partial charge in [-0.1, -0.05) is 0 Å². The second kappa shape index (κ2) is 7.24. The summed E-state index contributed by atoms with van der Waals surface area (Å²) in [4.78, 5) is 10.7. The van der Waals surface area contributed by atoms with E-state index in [2.05, 4.69) is 5.32 Å². The molecule has 0 radical (unpaired) electrons. The highest BCUT2D eigenvalue weighted by Crippen LogP contribution is 2.33. The third kappa shape index (κ3) is 4.72. The molecule has 8 heteroatoms. The number of hydrogen-bond donors (Lipinski definition) is 3. The lowest BCUT2D eigenvalue weighted by Crippen LogP contribution is -2.28. The summed E-state index contributed by atoms with van der Waals surface area (Å²) >= 11 is 0. The number of nitrogens with zero attached hydrogens (tertiary/aromatic N) is 1. The zero-order valence-electron chi connectivity index (χ0n) is 11.7. The van der Waals surface area contributed by atoms with Crippen molar-refractivity contribution >= 4 is 5.91 Å². The van der Waals surface area contributed by atoms with Crippen molar-refractivity contribution in [1.29, 1.82) is 5.26 Å². The smallest absolute Gasteiger partial charge is 0.390 e. The molecule has 0 heterocycles. The second-order valence-corrected chi connectivity index (χ2v) is 4.70. The molecule has 0 bridgehead atoms. The maximum atomic E-state index is 12.7. The van der Waals surface area contributed by atoms with Crippen LogP contribution in [0.5, 0.6) is 0 Å². The second-order valence-electron chi connectivity index (χ2n) is 4.70. The number of aliphatic hydroxyl groups is 2. The van der Waals surface area contributed by atoms with E-state index >= 15 is 0 Å². The van der Waals surface area contributed by atoms with Crippen LogP contribution in [-0.4, -0.2) is 28.8 Å². The Morgan fingerprint density at radius 1 is 1.41 bits per heavy atom. The first-order valence-corrected chi connectivity index (χ1v) is 6.38. The number of nitrogens with one attached hydrogen (secondary N) is 1. The third-order valence-corrected chi connectivity index (χ3v) is 3.00. The summed E-state index contributed by atoms with van der Waals surface area (Å²) in [5.41, 5.74) is -1.47. The average molecular weight is 316 g/mol. The van der Waals surface area contributed by atoms with Gasteiger partial charge in [0, 0.05) is 19.0 Å². The highest BCUT2D eigenvalue weighted by atomic mass is 19.4. The Hall–Kier alpha value is -2.11. The molecule has 5 nitrogen and oxygen atoms in total. The zero-order valence-corrected chi connectivity index (χ0v) is 11.7. The summed E-state index contributed by atoms with van der Waals surface area (Å²) in [6.07, 6.45) is -7.76. The number of carbonyl (C=O) groups is 1. The number of carbonyl (C=O) groups excluding carboxylic acids is 1. The molecule has 0 aliphatic carbocycles. The van der Waals surface area contributed by atoms with Crippen LogP contribution in [0.25, 0.3) is 0 Å². The summed E-state index contributed by atoms with van der Waals surface area (Å²) in [5, 5.41) is 31.1. The molecule has 22 heavy (non-hydrogen) atoms. The third-order valence-electron chi connectivity index (χ3n) is 3.00. The Labute approximate surface area is 125 Å². The highest BCUT2D eigenvalue weighted by Gasteiger charge is 2.32. The fraction of sp³-hybridized carbons (Fsp3) is 0.429. The molecule has 0 spiro atoms. The number of aliphatic hydroxyl groups excluding tert-OH is 2. The van der Waals surface area contributed by atoms with E-state index < -0.39 is 23.9 Å². The largest absolute Gasteiger partial charge is 0.416 e. The van der Waals surface area contributed by atoms with Crippen molar-refractivity contribution in [3.63, 3.8) is 0 Å². The Morgan fingerprint density at radius 3 is 2.55 bits per heavy atom. The number of amides is 1. The van der Waals surface area contributed by atoms with Crippen LogP contribution in [0.1, 0.15) is 36.1 Å². The van der Waals surface area contributed by atoms with Crippen molar-refractivity contribution in [3.05, 3.63) is 34.9 Å². The summed E-state index contributed by atoms with van der Waals surface area (Å²) in [6, 6.07) is 4.00. The molecule has 0 aliphatic heterocycles. The quantitative estimate of drug-likeness (QED) is 0.767. The highest BCUT2D eigenvalue weighted by molar-refractivity contribution is 5.72. The monoisotopic (exact) mass is 316 g/mol. The molecule has 1 rings (SSSR count). The lowest BCUT2D eigenvalue weighted by molar-refractivity contribution is -0.137. The maximum absolute atomic E-state index is 12.7. The van der Waals surface area contributed by atoms with Crippen LogP contribution in [0, 0.1) is 11.3 Å². The van der Waals surface area contributed by atoms with Crippen molar-refractivity contribution in [2.24, 2.45) is 0 Å². The van der Waals surface area contributed by atoms with Crippen LogP contribution in [0.2, 0.25) is 0 Å². The molecule has 1 aromatic carbocycles. The van der Waals surface area contributed by atoms with Crippen LogP contribution in [0.3, 0.4) is 0 Å². The summed E-state index contributed by atoms with van der Waals surface area (Å²) < 4.78 is 38.1. The number of benzene rings is 1. The minimum Gasteiger partial charge on any atom is -0.390 e. The fourth-order valence-corrected chi connectivity index (χ4v) is 1.85. The Bertz CT molecular complexity index is 582. The molecule has 0 saturated heterocycles. The van der Waals surface area contributed by atoms with Gasteiger partial charge in [-0.2, -0.15) is 18.4 Å². The van der Waals surface area contributed by atoms with Crippen LogP contribution >= 0.6 is 0 Å². The van der Waals surface area contributed by atoms with Gasteiger partial charge in [-0.15, -0.1) is 0 Å². The molecule has 3 N–H and O–H groups in total. The van der Waals surface area contributed by atoms with Crippen molar-refractivity contribution in [3.8, 4) is 6.07 Å². The van der Waals surface area contributed by atoms with E-state index in [1.54, 1.807) is 6.07 Å². The van der Waals surface area contributed by atoms with Crippen molar-refractivity contribution in [2.75, 3.05) is 6.54 Å². The molecule has 120 valence electrons. The van der Waals surface area contributed by atoms with E-state index in [9.17, 15) is 28.2 Å². The lowest BCUT2D eigenvalue weighted by atomic mass is 9.95. The van der Waals surface area contributed by atoms with Crippen LogP contribution in [-0.2, 0) is 11.0 Å². The van der Waals surface area contributed by atoms with E-state index in [0.29, 0.717) is 6.07 Å². The van der Waals surface area contributed by atoms with Gasteiger partial charge in [0.2, 0.25) is 5.91 Å². The predicted octanol–water partition coefficient (Wildman–Crippen LogP) is 1.50. The van der Waals surface area contributed by atoms with Crippen LogP contribution < -0.4 is 5.32 Å². The Balaban J connectivity index is 2.97. The van der Waals surface area contributed by atoms with E-state index in [1.807, 2.05) is 0 Å². The predicted molar refractivity (Wildman–Crippen MR) is 70.4 cm³/mol. The molecule has 2 unspecified atom stereocenters. The normalized spacial score (nSPS) is 14.0. The summed E-state index contributed by atoms with van der Waals surface area (Å²) in [5.74, 6) is -0.335. The number of alkyl halides is 3. The van der Waals surface area contributed by atoms with Gasteiger partial charge in [0.15, 0.2) is 0 Å². The standard InChI is InChI=1S/C14H15F3N2O3/c1-8(20)19-5-4-12(21)13(22)11-6-10(14(15,16)17)3-2-9(11)7-18/h2-3,6,12-13,21-22H,4-5H2,1H3,(H,19,20). The first-order chi connectivity index (χ1) is 10.2. The van der Waals surface area contributed by atoms with Gasteiger partial charge in [0.05, 0.1) is 23.3 Å². The van der Waals surface area contributed by atoms with E-state index in [-0.39, 0.29) is 30.0 Å². The van der Waals surface area contributed by atoms with Gasteiger partial charge in [-0.25, -0.2) is 0 Å². The lowest BCUT2D eigenvalue weighted by Gasteiger charge is -2.20. The molecule has 0 fully saturated rings. The summed E-state index contributed by atoms with van der Waals surface area (Å²) in [6.45, 7) is 1.32. The average Bonchev–Trinajstić information content (AvgIpc) is 2.44. The molecule has 0 aromatic heterocycles. The van der Waals surface area contributed by atoms with Crippen LogP contribution in [0.4, 0.5) is 13.2 Å². The minimum atomic E-state index is -4.62. The molecule has 0 saturated carbocycles. The van der Waals surface area contributed by atoms with Crippen molar-refractivity contribution in [2.45, 2.75) is 31.7 Å². The first-order valence-electron chi connectivity index (χ1n) is 6.38. The number of hydrogen-bond acceptors (Lipinski definition) is 4. The molecular formula is C14H15F3N2O3. The van der Waals surface area contributed by atoms with E-state index in [0.717, 1.165) is 12.1 Å². The van der Waals surface area contributed by atoms with Gasteiger partial charge in [-0.3, -0.25) is 4.79 Å². The fourth-order valence-electron chi connectivity index (χ4n) is 1.85. The maximum Gasteiger partial charge on any atom is 0.416 e. The van der Waals surface area contributed by atoms with E-state index in [1.165, 1.54) is 6.92 Å². The van der Waals surface area contributed by atoms with Gasteiger partial charge in [0.1, 0.15) is 6.10 Å². The number of halogens is 3. The molecule has 1 aromatic rings. The Morgan fingerprint density at radius 2 is 2.05 bits per heavy atom. The molecule has 1 amide bonds. The zero-order chi connectivity index (χ0) is 16.9. The first kappa shape index (κ1) is 17.9.